The van der Waals surface area contributed by atoms with E-state index in [1.165, 1.54) is 11.3 Å². The third kappa shape index (κ3) is 3.43. The van der Waals surface area contributed by atoms with Crippen LogP contribution in [0.4, 0.5) is 0 Å². The number of Topliss-reactive ketones (excluding diaryl/α,β-unsaturated/α-hetero) is 1. The molecule has 2 atom stereocenters. The van der Waals surface area contributed by atoms with Crippen molar-refractivity contribution in [2.75, 3.05) is 0 Å². The Morgan fingerprint density at radius 3 is 2.68 bits per heavy atom. The zero-order valence-electron chi connectivity index (χ0n) is 16.9. The summed E-state index contributed by atoms with van der Waals surface area (Å²) in [7, 11) is 0. The van der Waals surface area contributed by atoms with E-state index in [1.807, 2.05) is 66.9 Å². The zero-order chi connectivity index (χ0) is 21.5. The lowest BCUT2D eigenvalue weighted by Gasteiger charge is -2.24. The maximum absolute atomic E-state index is 13.1. The summed E-state index contributed by atoms with van der Waals surface area (Å²) < 4.78 is 5.74. The number of fused-ring (bicyclic) bond motifs is 1. The third-order valence-electron chi connectivity index (χ3n) is 5.72. The molecule has 6 heteroatoms. The van der Waals surface area contributed by atoms with Crippen LogP contribution in [0.15, 0.2) is 71.6 Å². The van der Waals surface area contributed by atoms with Crippen LogP contribution in [0, 0.1) is 0 Å². The standard InChI is InChI=1S/C25H21NO4S/c1-15-12-18-13-17(9-10-19(18)30-15)23(27)21-22(20-8-5-11-31-20)26(25(29)24(21)28)14-16-6-3-2-4-7-16/h2-11,13,15,22,27H,12,14H2,1H3/b23-21+/t15-,22-/m1/s1. The summed E-state index contributed by atoms with van der Waals surface area (Å²) >= 11 is 1.46. The molecule has 1 fully saturated rings. The molecule has 3 heterocycles. The summed E-state index contributed by atoms with van der Waals surface area (Å²) in [6.07, 6.45) is 0.822. The van der Waals surface area contributed by atoms with E-state index in [0.29, 0.717) is 12.1 Å². The molecule has 0 spiro atoms. The van der Waals surface area contributed by atoms with Gasteiger partial charge in [0.1, 0.15) is 17.6 Å². The Bertz CT molecular complexity index is 1180. The highest BCUT2D eigenvalue weighted by Gasteiger charge is 2.46. The van der Waals surface area contributed by atoms with Crippen molar-refractivity contribution in [3.05, 3.63) is 93.2 Å². The van der Waals surface area contributed by atoms with Gasteiger partial charge in [-0.25, -0.2) is 0 Å². The van der Waals surface area contributed by atoms with E-state index in [0.717, 1.165) is 28.2 Å². The molecule has 31 heavy (non-hydrogen) atoms. The van der Waals surface area contributed by atoms with E-state index in [1.54, 1.807) is 11.0 Å². The summed E-state index contributed by atoms with van der Waals surface area (Å²) in [4.78, 5) is 28.5. The largest absolute Gasteiger partial charge is 0.507 e. The van der Waals surface area contributed by atoms with Crippen LogP contribution in [0.25, 0.3) is 5.76 Å². The van der Waals surface area contributed by atoms with Gasteiger partial charge in [0.25, 0.3) is 11.7 Å². The molecule has 0 bridgehead atoms. The van der Waals surface area contributed by atoms with Crippen molar-refractivity contribution in [1.82, 2.24) is 4.90 Å². The normalized spacial score (nSPS) is 21.9. The molecule has 2 aliphatic rings. The first-order valence-electron chi connectivity index (χ1n) is 10.2. The van der Waals surface area contributed by atoms with Gasteiger partial charge in [-0.2, -0.15) is 0 Å². The van der Waals surface area contributed by atoms with E-state index in [-0.39, 0.29) is 17.4 Å². The molecule has 2 aliphatic heterocycles. The van der Waals surface area contributed by atoms with Gasteiger partial charge in [-0.3, -0.25) is 9.59 Å². The fourth-order valence-electron chi connectivity index (χ4n) is 4.29. The Hall–Kier alpha value is -3.38. The number of benzene rings is 2. The van der Waals surface area contributed by atoms with Crippen LogP contribution >= 0.6 is 11.3 Å². The lowest BCUT2D eigenvalue weighted by molar-refractivity contribution is -0.140. The van der Waals surface area contributed by atoms with E-state index < -0.39 is 17.7 Å². The highest BCUT2D eigenvalue weighted by Crippen LogP contribution is 2.42. The van der Waals surface area contributed by atoms with Crippen LogP contribution in [-0.4, -0.2) is 27.8 Å². The van der Waals surface area contributed by atoms with Gasteiger partial charge in [0.2, 0.25) is 0 Å². The fourth-order valence-corrected chi connectivity index (χ4v) is 5.14. The number of ether oxygens (including phenoxy) is 1. The molecular formula is C25H21NO4S. The molecule has 156 valence electrons. The minimum atomic E-state index is -0.656. The Balaban J connectivity index is 1.60. The first-order chi connectivity index (χ1) is 15.0. The van der Waals surface area contributed by atoms with Crippen LogP contribution in [0.5, 0.6) is 5.75 Å². The molecule has 5 rings (SSSR count). The molecule has 3 aromatic rings. The Morgan fingerprint density at radius 1 is 1.13 bits per heavy atom. The fraction of sp³-hybridized carbons (Fsp3) is 0.200. The molecule has 0 unspecified atom stereocenters. The zero-order valence-corrected chi connectivity index (χ0v) is 17.8. The molecule has 5 nitrogen and oxygen atoms in total. The van der Waals surface area contributed by atoms with Gasteiger partial charge in [-0.05, 0) is 47.7 Å². The summed E-state index contributed by atoms with van der Waals surface area (Å²) in [6, 6.07) is 18.1. The van der Waals surface area contributed by atoms with Crippen LogP contribution in [0.2, 0.25) is 0 Å². The second kappa shape index (κ2) is 7.71. The van der Waals surface area contributed by atoms with Gasteiger partial charge < -0.3 is 14.7 Å². The van der Waals surface area contributed by atoms with Gasteiger partial charge >= 0.3 is 0 Å². The third-order valence-corrected chi connectivity index (χ3v) is 6.64. The molecule has 1 saturated heterocycles. The minimum absolute atomic E-state index is 0.0787. The second-order valence-corrected chi connectivity index (χ2v) is 8.86. The predicted octanol–water partition coefficient (Wildman–Crippen LogP) is 4.69. The maximum atomic E-state index is 13.1. The van der Waals surface area contributed by atoms with Crippen LogP contribution in [-0.2, 0) is 22.6 Å². The number of likely N-dealkylation sites (tertiary alicyclic amines) is 1. The van der Waals surface area contributed by atoms with E-state index in [4.69, 9.17) is 4.74 Å². The van der Waals surface area contributed by atoms with Crippen molar-refractivity contribution in [3.8, 4) is 5.75 Å². The van der Waals surface area contributed by atoms with Gasteiger partial charge in [-0.15, -0.1) is 11.3 Å². The van der Waals surface area contributed by atoms with Crippen molar-refractivity contribution in [3.63, 3.8) is 0 Å². The molecule has 2 aromatic carbocycles. The molecule has 0 radical (unpaired) electrons. The Labute approximate surface area is 184 Å². The van der Waals surface area contributed by atoms with Gasteiger partial charge in [0.15, 0.2) is 0 Å². The highest BCUT2D eigenvalue weighted by molar-refractivity contribution is 7.10. The van der Waals surface area contributed by atoms with Crippen molar-refractivity contribution in [1.29, 1.82) is 0 Å². The lowest BCUT2D eigenvalue weighted by atomic mass is 9.98. The number of carbonyl (C=O) groups excluding carboxylic acids is 2. The maximum Gasteiger partial charge on any atom is 0.295 e. The van der Waals surface area contributed by atoms with Gasteiger partial charge in [0.05, 0.1) is 11.6 Å². The number of amides is 1. The lowest BCUT2D eigenvalue weighted by Crippen LogP contribution is -2.28. The second-order valence-electron chi connectivity index (χ2n) is 7.88. The SMILES string of the molecule is C[C@@H]1Cc2cc(/C(O)=C3\C(=O)C(=O)N(Cc4ccccc4)[C@@H]3c3cccs3)ccc2O1. The highest BCUT2D eigenvalue weighted by atomic mass is 32.1. The van der Waals surface area contributed by atoms with Crippen LogP contribution < -0.4 is 4.74 Å². The first-order valence-corrected chi connectivity index (χ1v) is 11.1. The minimum Gasteiger partial charge on any atom is -0.507 e. The quantitative estimate of drug-likeness (QED) is 0.370. The number of rotatable bonds is 4. The van der Waals surface area contributed by atoms with E-state index >= 15 is 0 Å². The van der Waals surface area contributed by atoms with Gasteiger partial charge in [-0.1, -0.05) is 36.4 Å². The molecule has 0 aliphatic carbocycles. The Kier molecular flexibility index (Phi) is 4.87. The van der Waals surface area contributed by atoms with Crippen molar-refractivity contribution < 1.29 is 19.4 Å². The average Bonchev–Trinajstić information content (AvgIpc) is 3.48. The first kappa shape index (κ1) is 19.6. The number of nitrogens with zero attached hydrogens (tertiary/aromatic N) is 1. The summed E-state index contributed by atoms with van der Waals surface area (Å²) in [5.41, 5.74) is 2.57. The molecule has 0 saturated carbocycles. The van der Waals surface area contributed by atoms with E-state index in [2.05, 4.69) is 0 Å². The number of thiophene rings is 1. The molecule has 1 N–H and O–H groups in total. The number of hydrogen-bond donors (Lipinski definition) is 1. The smallest absolute Gasteiger partial charge is 0.295 e. The van der Waals surface area contributed by atoms with Crippen LogP contribution in [0.3, 0.4) is 0 Å². The number of aliphatic hydroxyl groups excluding tert-OH is 1. The molecule has 1 amide bonds. The van der Waals surface area contributed by atoms with Gasteiger partial charge in [0, 0.05) is 23.4 Å². The summed E-state index contributed by atoms with van der Waals surface area (Å²) in [5.74, 6) is -0.600. The van der Waals surface area contributed by atoms with Crippen molar-refractivity contribution in [2.24, 2.45) is 0 Å². The molecule has 1 aromatic heterocycles. The Morgan fingerprint density at radius 2 is 1.94 bits per heavy atom. The van der Waals surface area contributed by atoms with Crippen molar-refractivity contribution >= 4 is 28.8 Å². The predicted molar refractivity (Wildman–Crippen MR) is 119 cm³/mol. The summed E-state index contributed by atoms with van der Waals surface area (Å²) in [6.45, 7) is 2.28. The number of carbonyl (C=O) groups is 2. The molecular weight excluding hydrogens is 410 g/mol. The number of hydrogen-bond acceptors (Lipinski definition) is 5. The number of ketones is 1. The van der Waals surface area contributed by atoms with Crippen LogP contribution in [0.1, 0.15) is 34.5 Å². The van der Waals surface area contributed by atoms with E-state index in [9.17, 15) is 14.7 Å². The monoisotopic (exact) mass is 431 g/mol. The number of aliphatic hydroxyl groups is 1. The average molecular weight is 432 g/mol. The topological polar surface area (TPSA) is 66.8 Å². The van der Waals surface area contributed by atoms with Crippen molar-refractivity contribution in [2.45, 2.75) is 32.0 Å². The summed E-state index contributed by atoms with van der Waals surface area (Å²) in [5, 5.41) is 13.1.